The van der Waals surface area contributed by atoms with E-state index in [0.717, 1.165) is 11.4 Å². The smallest absolute Gasteiger partial charge is 0.265 e. The summed E-state index contributed by atoms with van der Waals surface area (Å²) in [6, 6.07) is 1.87. The number of aromatic nitrogens is 4. The van der Waals surface area contributed by atoms with Crippen LogP contribution in [0.1, 0.15) is 30.8 Å². The molecule has 1 aliphatic heterocycles. The molecule has 0 unspecified atom stereocenters. The van der Waals surface area contributed by atoms with Crippen molar-refractivity contribution in [1.82, 2.24) is 24.9 Å². The molecule has 9 heteroatoms. The molecule has 0 aliphatic carbocycles. The van der Waals surface area contributed by atoms with Gasteiger partial charge in [-0.15, -0.1) is 10.2 Å². The molecule has 0 atom stereocenters. The molecular weight excluding hydrogens is 324 g/mol. The molecule has 2 aromatic rings. The number of piperidine rings is 1. The first-order valence-corrected chi connectivity index (χ1v) is 8.34. The molecule has 0 bridgehead atoms. The van der Waals surface area contributed by atoms with Crippen LogP contribution in [-0.4, -0.2) is 49.8 Å². The van der Waals surface area contributed by atoms with Crippen LogP contribution in [0.5, 0.6) is 0 Å². The predicted molar refractivity (Wildman–Crippen MR) is 88.1 cm³/mol. The van der Waals surface area contributed by atoms with E-state index >= 15 is 0 Å². The van der Waals surface area contributed by atoms with Crippen LogP contribution in [0.3, 0.4) is 0 Å². The molecule has 134 valence electrons. The SMILES string of the molecule is Cc1cc(-c2nnc(CCC(=O)N3CCC(C(N)=O)CC3)o2)n(C)n1. The maximum atomic E-state index is 12.3. The average Bonchev–Trinajstić information content (AvgIpc) is 3.18. The molecule has 3 heterocycles. The molecule has 0 aromatic carbocycles. The molecule has 2 N–H and O–H groups in total. The van der Waals surface area contributed by atoms with E-state index in [-0.39, 0.29) is 17.7 Å². The summed E-state index contributed by atoms with van der Waals surface area (Å²) in [5.41, 5.74) is 6.92. The molecule has 0 saturated carbocycles. The van der Waals surface area contributed by atoms with Crippen molar-refractivity contribution >= 4 is 11.8 Å². The van der Waals surface area contributed by atoms with Crippen molar-refractivity contribution < 1.29 is 14.0 Å². The zero-order chi connectivity index (χ0) is 18.0. The van der Waals surface area contributed by atoms with Crippen molar-refractivity contribution in [3.8, 4) is 11.6 Å². The van der Waals surface area contributed by atoms with E-state index in [1.54, 1.807) is 9.58 Å². The molecule has 2 aromatic heterocycles. The Bertz CT molecular complexity index is 773. The molecule has 0 radical (unpaired) electrons. The highest BCUT2D eigenvalue weighted by Crippen LogP contribution is 2.20. The van der Waals surface area contributed by atoms with Crippen LogP contribution in [0.4, 0.5) is 0 Å². The number of nitrogens with two attached hydrogens (primary N) is 1. The van der Waals surface area contributed by atoms with Gasteiger partial charge in [-0.3, -0.25) is 14.3 Å². The number of nitrogens with zero attached hydrogens (tertiary/aromatic N) is 5. The second-order valence-electron chi connectivity index (χ2n) is 6.35. The number of amides is 2. The Morgan fingerprint density at radius 2 is 2.04 bits per heavy atom. The lowest BCUT2D eigenvalue weighted by Gasteiger charge is -2.30. The Morgan fingerprint density at radius 1 is 1.32 bits per heavy atom. The minimum absolute atomic E-state index is 0.0269. The first-order valence-electron chi connectivity index (χ1n) is 8.34. The Kier molecular flexibility index (Phi) is 4.82. The number of aryl methyl sites for hydroxylation is 3. The number of primary amides is 1. The lowest BCUT2D eigenvalue weighted by molar-refractivity contribution is -0.134. The quantitative estimate of drug-likeness (QED) is 0.838. The predicted octanol–water partition coefficient (Wildman–Crippen LogP) is 0.435. The molecule has 1 fully saturated rings. The number of rotatable bonds is 5. The molecule has 3 rings (SSSR count). The summed E-state index contributed by atoms with van der Waals surface area (Å²) in [5.74, 6) is 0.446. The highest BCUT2D eigenvalue weighted by Gasteiger charge is 2.26. The largest absolute Gasteiger partial charge is 0.419 e. The average molecular weight is 346 g/mol. The molecule has 9 nitrogen and oxygen atoms in total. The van der Waals surface area contributed by atoms with Crippen LogP contribution in [0.25, 0.3) is 11.6 Å². The van der Waals surface area contributed by atoms with Crippen LogP contribution >= 0.6 is 0 Å². The fraction of sp³-hybridized carbons (Fsp3) is 0.562. The van der Waals surface area contributed by atoms with Crippen molar-refractivity contribution in [2.75, 3.05) is 13.1 Å². The number of carbonyl (C=O) groups excluding carboxylic acids is 2. The van der Waals surface area contributed by atoms with Gasteiger partial charge in [0.05, 0.1) is 5.69 Å². The van der Waals surface area contributed by atoms with Gasteiger partial charge in [-0.05, 0) is 25.8 Å². The number of hydrogen-bond donors (Lipinski definition) is 1. The number of likely N-dealkylation sites (tertiary alicyclic amines) is 1. The van der Waals surface area contributed by atoms with E-state index in [1.165, 1.54) is 0 Å². The van der Waals surface area contributed by atoms with Gasteiger partial charge in [-0.25, -0.2) is 0 Å². The van der Waals surface area contributed by atoms with Crippen molar-refractivity contribution in [3.05, 3.63) is 17.7 Å². The summed E-state index contributed by atoms with van der Waals surface area (Å²) in [6.45, 7) is 3.02. The molecule has 25 heavy (non-hydrogen) atoms. The second kappa shape index (κ2) is 7.04. The highest BCUT2D eigenvalue weighted by molar-refractivity contribution is 5.78. The zero-order valence-electron chi connectivity index (χ0n) is 14.4. The van der Waals surface area contributed by atoms with Gasteiger partial charge in [0.1, 0.15) is 5.69 Å². The summed E-state index contributed by atoms with van der Waals surface area (Å²) < 4.78 is 7.32. The van der Waals surface area contributed by atoms with Gasteiger partial charge in [0.15, 0.2) is 0 Å². The van der Waals surface area contributed by atoms with Crippen LogP contribution in [0.15, 0.2) is 10.5 Å². The fourth-order valence-corrected chi connectivity index (χ4v) is 3.05. The van der Waals surface area contributed by atoms with Crippen LogP contribution in [-0.2, 0) is 23.1 Å². The third-order valence-corrected chi connectivity index (χ3v) is 4.49. The Hall–Kier alpha value is -2.71. The van der Waals surface area contributed by atoms with Crippen molar-refractivity contribution in [2.24, 2.45) is 18.7 Å². The maximum absolute atomic E-state index is 12.3. The van der Waals surface area contributed by atoms with Gasteiger partial charge in [-0.2, -0.15) is 5.10 Å². The van der Waals surface area contributed by atoms with E-state index in [4.69, 9.17) is 10.2 Å². The minimum Gasteiger partial charge on any atom is -0.419 e. The van der Waals surface area contributed by atoms with Crippen LogP contribution < -0.4 is 5.73 Å². The third-order valence-electron chi connectivity index (χ3n) is 4.49. The Balaban J connectivity index is 1.53. The van der Waals surface area contributed by atoms with Crippen LogP contribution in [0, 0.1) is 12.8 Å². The molecular formula is C16H22N6O3. The third kappa shape index (κ3) is 3.86. The van der Waals surface area contributed by atoms with Gasteiger partial charge < -0.3 is 15.1 Å². The molecule has 1 saturated heterocycles. The first kappa shape index (κ1) is 17.1. The van der Waals surface area contributed by atoms with E-state index < -0.39 is 0 Å². The molecule has 2 amide bonds. The zero-order valence-corrected chi connectivity index (χ0v) is 14.4. The molecule has 0 spiro atoms. The van der Waals surface area contributed by atoms with Crippen LogP contribution in [0.2, 0.25) is 0 Å². The maximum Gasteiger partial charge on any atom is 0.265 e. The van der Waals surface area contributed by atoms with E-state index in [2.05, 4.69) is 15.3 Å². The van der Waals surface area contributed by atoms with Crippen molar-refractivity contribution in [1.29, 1.82) is 0 Å². The minimum atomic E-state index is -0.282. The second-order valence-corrected chi connectivity index (χ2v) is 6.35. The van der Waals surface area contributed by atoms with Gasteiger partial charge >= 0.3 is 0 Å². The summed E-state index contributed by atoms with van der Waals surface area (Å²) in [7, 11) is 1.81. The highest BCUT2D eigenvalue weighted by atomic mass is 16.4. The Morgan fingerprint density at radius 3 is 2.64 bits per heavy atom. The number of hydrogen-bond acceptors (Lipinski definition) is 6. The van der Waals surface area contributed by atoms with E-state index in [0.29, 0.717) is 50.6 Å². The topological polar surface area (TPSA) is 120 Å². The van der Waals surface area contributed by atoms with Gasteiger partial charge in [0.2, 0.25) is 17.7 Å². The summed E-state index contributed by atoms with van der Waals surface area (Å²) in [6.07, 6.45) is 1.95. The standard InChI is InChI=1S/C16H22N6O3/c1-10-9-12(21(2)20-10)16-19-18-13(25-16)3-4-14(23)22-7-5-11(6-8-22)15(17)24/h9,11H,3-8H2,1-2H3,(H2,17,24). The number of carbonyl (C=O) groups is 2. The van der Waals surface area contributed by atoms with E-state index in [9.17, 15) is 9.59 Å². The van der Waals surface area contributed by atoms with Gasteiger partial charge in [0.25, 0.3) is 5.89 Å². The Labute approximate surface area is 145 Å². The first-order chi connectivity index (χ1) is 11.9. The van der Waals surface area contributed by atoms with Crippen molar-refractivity contribution in [3.63, 3.8) is 0 Å². The van der Waals surface area contributed by atoms with Gasteiger partial charge in [-0.1, -0.05) is 0 Å². The summed E-state index contributed by atoms with van der Waals surface area (Å²) >= 11 is 0. The van der Waals surface area contributed by atoms with Gasteiger partial charge in [0, 0.05) is 38.9 Å². The monoisotopic (exact) mass is 346 g/mol. The fourth-order valence-electron chi connectivity index (χ4n) is 3.05. The lowest BCUT2D eigenvalue weighted by Crippen LogP contribution is -2.41. The summed E-state index contributed by atoms with van der Waals surface area (Å²) in [4.78, 5) is 25.2. The summed E-state index contributed by atoms with van der Waals surface area (Å²) in [5, 5.41) is 12.3. The molecule has 1 aliphatic rings. The normalized spacial score (nSPS) is 15.5. The van der Waals surface area contributed by atoms with Crippen molar-refractivity contribution in [2.45, 2.75) is 32.6 Å². The van der Waals surface area contributed by atoms with E-state index in [1.807, 2.05) is 20.0 Å². The lowest BCUT2D eigenvalue weighted by atomic mass is 9.96.